The molecule has 1 aliphatic heterocycles. The number of nitrogens with one attached hydrogen (secondary N) is 1. The summed E-state index contributed by atoms with van der Waals surface area (Å²) >= 11 is 5.78. The number of alkyl halides is 2. The van der Waals surface area contributed by atoms with Crippen LogP contribution in [-0.2, 0) is 0 Å². The number of carbonyl (C=O) groups excluding carboxylic acids is 1. The lowest BCUT2D eigenvalue weighted by Gasteiger charge is -2.26. The molecule has 0 unspecified atom stereocenters. The predicted molar refractivity (Wildman–Crippen MR) is 83.1 cm³/mol. The Morgan fingerprint density at radius 2 is 2.30 bits per heavy atom. The van der Waals surface area contributed by atoms with Gasteiger partial charge in [0, 0.05) is 24.3 Å². The first kappa shape index (κ1) is 17.7. The topological polar surface area (TPSA) is 61.8 Å². The first-order valence-corrected chi connectivity index (χ1v) is 7.74. The molecular weight excluding hydrogens is 330 g/mol. The standard InChI is InChI=1S/C15H19ClF2N2O3/c1-9(21)7-11-3-2-6-20(11)15(22)19-10-4-5-12(16)13(8-10)23-14(17)18/h4-5,8-9,11,14,21H,2-3,6-7H2,1H3,(H,19,22)/t9-,11-/m1/s1. The highest BCUT2D eigenvalue weighted by Crippen LogP contribution is 2.30. The molecule has 0 saturated carbocycles. The zero-order chi connectivity index (χ0) is 17.0. The fourth-order valence-electron chi connectivity index (χ4n) is 2.70. The van der Waals surface area contributed by atoms with Crippen molar-refractivity contribution < 1.29 is 23.4 Å². The molecule has 1 aliphatic rings. The van der Waals surface area contributed by atoms with Crippen molar-refractivity contribution in [3.05, 3.63) is 23.2 Å². The Balaban J connectivity index is 2.05. The number of aliphatic hydroxyl groups excluding tert-OH is 1. The number of anilines is 1. The van der Waals surface area contributed by atoms with Crippen LogP contribution in [0, 0.1) is 0 Å². The maximum absolute atomic E-state index is 12.3. The van der Waals surface area contributed by atoms with Crippen LogP contribution in [0.15, 0.2) is 18.2 Å². The van der Waals surface area contributed by atoms with Crippen LogP contribution in [0.4, 0.5) is 19.3 Å². The van der Waals surface area contributed by atoms with E-state index < -0.39 is 12.7 Å². The van der Waals surface area contributed by atoms with Crippen molar-refractivity contribution in [1.82, 2.24) is 4.90 Å². The van der Waals surface area contributed by atoms with Crippen molar-refractivity contribution in [3.8, 4) is 5.75 Å². The smallest absolute Gasteiger partial charge is 0.387 e. The van der Waals surface area contributed by atoms with E-state index in [-0.39, 0.29) is 22.8 Å². The summed E-state index contributed by atoms with van der Waals surface area (Å²) < 4.78 is 28.9. The number of amides is 2. The van der Waals surface area contributed by atoms with Gasteiger partial charge in [-0.1, -0.05) is 11.6 Å². The van der Waals surface area contributed by atoms with E-state index in [0.717, 1.165) is 12.8 Å². The number of urea groups is 1. The number of likely N-dealkylation sites (tertiary alicyclic amines) is 1. The molecule has 23 heavy (non-hydrogen) atoms. The summed E-state index contributed by atoms with van der Waals surface area (Å²) in [6, 6.07) is 3.79. The summed E-state index contributed by atoms with van der Waals surface area (Å²) in [5, 5.41) is 12.2. The van der Waals surface area contributed by atoms with Gasteiger partial charge >= 0.3 is 12.6 Å². The van der Waals surface area contributed by atoms with Crippen molar-refractivity contribution in [2.75, 3.05) is 11.9 Å². The Kier molecular flexibility index (Phi) is 6.01. The molecule has 1 fully saturated rings. The largest absolute Gasteiger partial charge is 0.433 e. The van der Waals surface area contributed by atoms with Crippen LogP contribution in [0.3, 0.4) is 0 Å². The van der Waals surface area contributed by atoms with Gasteiger partial charge in [0.15, 0.2) is 0 Å². The van der Waals surface area contributed by atoms with Crippen molar-refractivity contribution in [2.45, 2.75) is 44.9 Å². The molecule has 128 valence electrons. The second kappa shape index (κ2) is 7.79. The monoisotopic (exact) mass is 348 g/mol. The quantitative estimate of drug-likeness (QED) is 0.852. The lowest BCUT2D eigenvalue weighted by Crippen LogP contribution is -2.40. The first-order valence-electron chi connectivity index (χ1n) is 7.37. The Morgan fingerprint density at radius 3 is 2.96 bits per heavy atom. The van der Waals surface area contributed by atoms with Crippen LogP contribution in [0.2, 0.25) is 5.02 Å². The van der Waals surface area contributed by atoms with E-state index >= 15 is 0 Å². The molecule has 1 aromatic carbocycles. The second-order valence-corrected chi connectivity index (χ2v) is 5.94. The highest BCUT2D eigenvalue weighted by atomic mass is 35.5. The number of hydrogen-bond donors (Lipinski definition) is 2. The Hall–Kier alpha value is -1.60. The number of carbonyl (C=O) groups is 1. The van der Waals surface area contributed by atoms with Crippen LogP contribution >= 0.6 is 11.6 Å². The number of rotatable bonds is 5. The van der Waals surface area contributed by atoms with Crippen molar-refractivity contribution >= 4 is 23.3 Å². The molecule has 1 saturated heterocycles. The number of ether oxygens (including phenoxy) is 1. The lowest BCUT2D eigenvalue weighted by molar-refractivity contribution is -0.0497. The minimum Gasteiger partial charge on any atom is -0.433 e. The van der Waals surface area contributed by atoms with E-state index in [4.69, 9.17) is 11.6 Å². The van der Waals surface area contributed by atoms with E-state index in [0.29, 0.717) is 18.7 Å². The number of halogens is 3. The molecule has 0 aromatic heterocycles. The Morgan fingerprint density at radius 1 is 1.57 bits per heavy atom. The van der Waals surface area contributed by atoms with Crippen molar-refractivity contribution in [3.63, 3.8) is 0 Å². The third-order valence-corrected chi connectivity index (χ3v) is 3.96. The van der Waals surface area contributed by atoms with Gasteiger partial charge in [-0.25, -0.2) is 4.79 Å². The molecule has 0 aliphatic carbocycles. The SMILES string of the molecule is C[C@@H](O)C[C@H]1CCCN1C(=O)Nc1ccc(Cl)c(OC(F)F)c1. The van der Waals surface area contributed by atoms with Gasteiger partial charge in [0.05, 0.1) is 11.1 Å². The molecule has 5 nitrogen and oxygen atoms in total. The maximum Gasteiger partial charge on any atom is 0.387 e. The molecule has 0 radical (unpaired) electrons. The van der Waals surface area contributed by atoms with Gasteiger partial charge in [-0.15, -0.1) is 0 Å². The fraction of sp³-hybridized carbons (Fsp3) is 0.533. The minimum atomic E-state index is -2.99. The number of benzene rings is 1. The second-order valence-electron chi connectivity index (χ2n) is 5.53. The lowest BCUT2D eigenvalue weighted by atomic mass is 10.1. The summed E-state index contributed by atoms with van der Waals surface area (Å²) in [6.45, 7) is -0.717. The minimum absolute atomic E-state index is 0.0286. The van der Waals surface area contributed by atoms with Crippen LogP contribution < -0.4 is 10.1 Å². The van der Waals surface area contributed by atoms with Crippen LogP contribution in [-0.4, -0.2) is 41.3 Å². The molecule has 1 heterocycles. The van der Waals surface area contributed by atoms with Crippen LogP contribution in [0.25, 0.3) is 0 Å². The molecule has 2 rings (SSSR count). The summed E-state index contributed by atoms with van der Waals surface area (Å²) in [6.07, 6.45) is 1.72. The molecule has 2 atom stereocenters. The zero-order valence-electron chi connectivity index (χ0n) is 12.6. The highest BCUT2D eigenvalue weighted by Gasteiger charge is 2.29. The Labute approximate surface area is 138 Å². The molecule has 2 amide bonds. The van der Waals surface area contributed by atoms with E-state index in [1.54, 1.807) is 11.8 Å². The third-order valence-electron chi connectivity index (χ3n) is 3.65. The molecule has 0 spiro atoms. The van der Waals surface area contributed by atoms with Gasteiger partial charge in [-0.3, -0.25) is 0 Å². The van der Waals surface area contributed by atoms with E-state index in [1.165, 1.54) is 18.2 Å². The first-order chi connectivity index (χ1) is 10.9. The average Bonchev–Trinajstić information content (AvgIpc) is 2.89. The van der Waals surface area contributed by atoms with E-state index in [2.05, 4.69) is 10.1 Å². The number of aliphatic hydroxyl groups is 1. The molecule has 1 aromatic rings. The molecular formula is C15H19ClF2N2O3. The number of hydrogen-bond acceptors (Lipinski definition) is 3. The van der Waals surface area contributed by atoms with Gasteiger partial charge in [0.1, 0.15) is 5.75 Å². The van der Waals surface area contributed by atoms with Crippen LogP contribution in [0.5, 0.6) is 5.75 Å². The maximum atomic E-state index is 12.3. The van der Waals surface area contributed by atoms with E-state index in [1.807, 2.05) is 0 Å². The average molecular weight is 349 g/mol. The molecule has 0 bridgehead atoms. The molecule has 2 N–H and O–H groups in total. The predicted octanol–water partition coefficient (Wildman–Crippen LogP) is 3.71. The van der Waals surface area contributed by atoms with Crippen LogP contribution in [0.1, 0.15) is 26.2 Å². The van der Waals surface area contributed by atoms with Gasteiger partial charge in [0.2, 0.25) is 0 Å². The third kappa shape index (κ3) is 4.94. The number of nitrogens with zero attached hydrogens (tertiary/aromatic N) is 1. The summed E-state index contributed by atoms with van der Waals surface area (Å²) in [4.78, 5) is 14.0. The fourth-order valence-corrected chi connectivity index (χ4v) is 2.87. The Bertz CT molecular complexity index is 558. The van der Waals surface area contributed by atoms with Crippen molar-refractivity contribution in [2.24, 2.45) is 0 Å². The zero-order valence-corrected chi connectivity index (χ0v) is 13.4. The normalized spacial score (nSPS) is 19.0. The van der Waals surface area contributed by atoms with Gasteiger partial charge in [0.25, 0.3) is 0 Å². The summed E-state index contributed by atoms with van der Waals surface area (Å²) in [5.41, 5.74) is 0.317. The van der Waals surface area contributed by atoms with Gasteiger partial charge in [-0.2, -0.15) is 8.78 Å². The van der Waals surface area contributed by atoms with E-state index in [9.17, 15) is 18.7 Å². The van der Waals surface area contributed by atoms with Gasteiger partial charge < -0.3 is 20.1 Å². The molecule has 8 heteroatoms. The summed E-state index contributed by atoms with van der Waals surface area (Å²) in [7, 11) is 0. The summed E-state index contributed by atoms with van der Waals surface area (Å²) in [5.74, 6) is -0.193. The van der Waals surface area contributed by atoms with Crippen molar-refractivity contribution in [1.29, 1.82) is 0 Å². The van der Waals surface area contributed by atoms with Gasteiger partial charge in [-0.05, 0) is 38.3 Å². The highest BCUT2D eigenvalue weighted by molar-refractivity contribution is 6.32.